The summed E-state index contributed by atoms with van der Waals surface area (Å²) in [6.07, 6.45) is 2.59. The van der Waals surface area contributed by atoms with E-state index in [2.05, 4.69) is 11.9 Å². The summed E-state index contributed by atoms with van der Waals surface area (Å²) in [5.74, 6) is 1.83. The number of carbonyl (C=O) groups is 1. The van der Waals surface area contributed by atoms with Crippen molar-refractivity contribution < 1.29 is 14.1 Å². The van der Waals surface area contributed by atoms with E-state index in [0.29, 0.717) is 22.8 Å². The van der Waals surface area contributed by atoms with Gasteiger partial charge in [-0.2, -0.15) is 0 Å². The first-order valence-corrected chi connectivity index (χ1v) is 9.85. The van der Waals surface area contributed by atoms with Crippen molar-refractivity contribution in [2.75, 3.05) is 5.75 Å². The second kappa shape index (κ2) is 8.11. The number of rotatable bonds is 5. The molecule has 0 spiro atoms. The number of halogens is 1. The molecule has 1 aliphatic rings. The third-order valence-electron chi connectivity index (χ3n) is 3.37. The first-order valence-electron chi connectivity index (χ1n) is 7.67. The molecule has 0 bridgehead atoms. The third kappa shape index (κ3) is 4.20. The highest BCUT2D eigenvalue weighted by Gasteiger charge is 2.23. The van der Waals surface area contributed by atoms with Crippen LogP contribution < -0.4 is 0 Å². The van der Waals surface area contributed by atoms with E-state index in [-0.39, 0.29) is 15.8 Å². The van der Waals surface area contributed by atoms with Crippen molar-refractivity contribution in [2.45, 2.75) is 13.3 Å². The van der Waals surface area contributed by atoms with Crippen LogP contribution in [0.15, 0.2) is 45.4 Å². The summed E-state index contributed by atoms with van der Waals surface area (Å²) in [6, 6.07) is 7.56. The van der Waals surface area contributed by atoms with Gasteiger partial charge in [0, 0.05) is 23.8 Å². The molecule has 0 fully saturated rings. The molecular formula is C17H13ClN2O4S2. The number of nitro groups is 1. The van der Waals surface area contributed by atoms with Crippen molar-refractivity contribution in [3.05, 3.63) is 56.9 Å². The molecule has 9 heteroatoms. The van der Waals surface area contributed by atoms with Gasteiger partial charge in [0.05, 0.1) is 9.95 Å². The first-order chi connectivity index (χ1) is 12.5. The lowest BCUT2D eigenvalue weighted by Gasteiger charge is -2.00. The fourth-order valence-corrected chi connectivity index (χ4v) is 4.20. The Hall–Kier alpha value is -2.03. The predicted octanol–water partition coefficient (Wildman–Crippen LogP) is 5.62. The Morgan fingerprint density at radius 3 is 2.88 bits per heavy atom. The SMILES string of the molecule is CCCSC1=NC(=Cc2ccc(-c3ccc([N+](=O)[O-])cc3Cl)o2)C(=O)S1. The highest BCUT2D eigenvalue weighted by atomic mass is 35.5. The van der Waals surface area contributed by atoms with Crippen LogP contribution in [-0.2, 0) is 4.79 Å². The number of nitrogens with zero attached hydrogens (tertiary/aromatic N) is 2. The molecule has 0 unspecified atom stereocenters. The van der Waals surface area contributed by atoms with Gasteiger partial charge in [-0.1, -0.05) is 30.3 Å². The van der Waals surface area contributed by atoms with Gasteiger partial charge in [-0.05, 0) is 42.1 Å². The van der Waals surface area contributed by atoms with E-state index in [9.17, 15) is 14.9 Å². The predicted molar refractivity (Wildman–Crippen MR) is 107 cm³/mol. The zero-order chi connectivity index (χ0) is 18.7. The van der Waals surface area contributed by atoms with Crippen molar-refractivity contribution >= 4 is 56.4 Å². The number of benzene rings is 1. The van der Waals surface area contributed by atoms with Gasteiger partial charge in [0.15, 0.2) is 0 Å². The minimum Gasteiger partial charge on any atom is -0.457 e. The maximum atomic E-state index is 12.0. The Labute approximate surface area is 162 Å². The monoisotopic (exact) mass is 408 g/mol. The summed E-state index contributed by atoms with van der Waals surface area (Å²) in [5.41, 5.74) is 0.786. The zero-order valence-electron chi connectivity index (χ0n) is 13.6. The van der Waals surface area contributed by atoms with E-state index in [1.54, 1.807) is 30.0 Å². The van der Waals surface area contributed by atoms with E-state index in [0.717, 1.165) is 28.3 Å². The largest absolute Gasteiger partial charge is 0.457 e. The van der Waals surface area contributed by atoms with Gasteiger partial charge in [-0.3, -0.25) is 14.9 Å². The Kier molecular flexibility index (Phi) is 5.85. The number of nitro benzene ring substituents is 1. The molecule has 6 nitrogen and oxygen atoms in total. The van der Waals surface area contributed by atoms with Crippen LogP contribution in [0.1, 0.15) is 19.1 Å². The minimum absolute atomic E-state index is 0.0901. The summed E-state index contributed by atoms with van der Waals surface area (Å²) in [7, 11) is 0. The van der Waals surface area contributed by atoms with Crippen LogP contribution in [0.4, 0.5) is 5.69 Å². The molecule has 2 aromatic rings. The smallest absolute Gasteiger partial charge is 0.270 e. The minimum atomic E-state index is -0.511. The number of hydrogen-bond donors (Lipinski definition) is 0. The van der Waals surface area contributed by atoms with Crippen molar-refractivity contribution in [1.82, 2.24) is 0 Å². The molecular weight excluding hydrogens is 396 g/mol. The summed E-state index contributed by atoms with van der Waals surface area (Å²) in [4.78, 5) is 26.6. The molecule has 0 atom stereocenters. The molecule has 1 aliphatic heterocycles. The van der Waals surface area contributed by atoms with Gasteiger partial charge in [-0.25, -0.2) is 4.99 Å². The van der Waals surface area contributed by atoms with Crippen molar-refractivity contribution in [3.8, 4) is 11.3 Å². The molecule has 0 saturated heterocycles. The average Bonchev–Trinajstić information content (AvgIpc) is 3.20. The number of hydrogen-bond acceptors (Lipinski definition) is 7. The highest BCUT2D eigenvalue weighted by molar-refractivity contribution is 8.45. The lowest BCUT2D eigenvalue weighted by molar-refractivity contribution is -0.384. The standard InChI is InChI=1S/C17H13ClN2O4S2/c1-2-7-25-17-19-14(16(21)26-17)9-11-4-6-15(24-11)12-5-3-10(20(22)23)8-13(12)18/h3-6,8-9H,2,7H2,1H3. The normalized spacial score (nSPS) is 15.5. The second-order valence-corrected chi connectivity index (χ2v) is 7.98. The second-order valence-electron chi connectivity index (χ2n) is 5.27. The molecule has 134 valence electrons. The average molecular weight is 409 g/mol. The van der Waals surface area contributed by atoms with Gasteiger partial charge in [0.2, 0.25) is 5.12 Å². The molecule has 0 saturated carbocycles. The van der Waals surface area contributed by atoms with E-state index >= 15 is 0 Å². The van der Waals surface area contributed by atoms with Crippen LogP contribution in [0.3, 0.4) is 0 Å². The Bertz CT molecular complexity index is 937. The molecule has 0 N–H and O–H groups in total. The van der Waals surface area contributed by atoms with Gasteiger partial charge in [0.1, 0.15) is 21.6 Å². The maximum absolute atomic E-state index is 12.0. The zero-order valence-corrected chi connectivity index (χ0v) is 16.0. The number of carbonyl (C=O) groups excluding carboxylic acids is 1. The number of aliphatic imine (C=N–C) groups is 1. The van der Waals surface area contributed by atoms with Gasteiger partial charge >= 0.3 is 0 Å². The van der Waals surface area contributed by atoms with Gasteiger partial charge in [-0.15, -0.1) is 0 Å². The highest BCUT2D eigenvalue weighted by Crippen LogP contribution is 2.34. The van der Waals surface area contributed by atoms with Crippen LogP contribution >= 0.6 is 35.1 Å². The number of furan rings is 1. The fraction of sp³-hybridized carbons (Fsp3) is 0.176. The van der Waals surface area contributed by atoms with E-state index in [1.165, 1.54) is 18.2 Å². The molecule has 1 aromatic carbocycles. The van der Waals surface area contributed by atoms with Gasteiger partial charge in [0.25, 0.3) is 5.69 Å². The van der Waals surface area contributed by atoms with E-state index in [4.69, 9.17) is 16.0 Å². The lowest BCUT2D eigenvalue weighted by atomic mass is 10.1. The van der Waals surface area contributed by atoms with E-state index < -0.39 is 4.92 Å². The molecule has 0 radical (unpaired) electrons. The first kappa shape index (κ1) is 18.8. The van der Waals surface area contributed by atoms with E-state index in [1.807, 2.05) is 0 Å². The number of thioether (sulfide) groups is 2. The maximum Gasteiger partial charge on any atom is 0.270 e. The topological polar surface area (TPSA) is 85.7 Å². The van der Waals surface area contributed by atoms with Crippen molar-refractivity contribution in [3.63, 3.8) is 0 Å². The fourth-order valence-electron chi connectivity index (χ4n) is 2.17. The molecule has 0 aliphatic carbocycles. The summed E-state index contributed by atoms with van der Waals surface area (Å²) >= 11 is 8.80. The van der Waals surface area contributed by atoms with Crippen LogP contribution in [0.25, 0.3) is 17.4 Å². The van der Waals surface area contributed by atoms with Gasteiger partial charge < -0.3 is 4.42 Å². The van der Waals surface area contributed by atoms with Crippen LogP contribution in [-0.4, -0.2) is 20.2 Å². The molecule has 26 heavy (non-hydrogen) atoms. The molecule has 2 heterocycles. The van der Waals surface area contributed by atoms with Crippen LogP contribution in [0.5, 0.6) is 0 Å². The Morgan fingerprint density at radius 1 is 1.38 bits per heavy atom. The summed E-state index contributed by atoms with van der Waals surface area (Å²) in [6.45, 7) is 2.07. The molecule has 3 rings (SSSR count). The van der Waals surface area contributed by atoms with Crippen molar-refractivity contribution in [1.29, 1.82) is 0 Å². The van der Waals surface area contributed by atoms with Crippen LogP contribution in [0.2, 0.25) is 5.02 Å². The third-order valence-corrected chi connectivity index (χ3v) is 5.89. The summed E-state index contributed by atoms with van der Waals surface area (Å²) in [5, 5.41) is 10.9. The molecule has 1 aromatic heterocycles. The lowest BCUT2D eigenvalue weighted by Crippen LogP contribution is -1.88. The Morgan fingerprint density at radius 2 is 2.19 bits per heavy atom. The Balaban J connectivity index is 1.83. The number of non-ortho nitro benzene ring substituents is 1. The van der Waals surface area contributed by atoms with Crippen molar-refractivity contribution in [2.24, 2.45) is 4.99 Å². The quantitative estimate of drug-likeness (QED) is 0.362. The van der Waals surface area contributed by atoms with Crippen LogP contribution in [0, 0.1) is 10.1 Å². The molecule has 0 amide bonds. The summed E-state index contributed by atoms with van der Waals surface area (Å²) < 4.78 is 6.45.